The van der Waals surface area contributed by atoms with E-state index in [1.807, 2.05) is 4.90 Å². The highest BCUT2D eigenvalue weighted by Gasteiger charge is 2.21. The number of nitrogens with one attached hydrogen (secondary N) is 2. The molecule has 6 nitrogen and oxygen atoms in total. The molecule has 1 saturated carbocycles. The Bertz CT molecular complexity index is 654. The summed E-state index contributed by atoms with van der Waals surface area (Å²) in [6.07, 6.45) is 9.76. The molecular formula is C23H35N3O3. The number of likely N-dealkylation sites (tertiary alicyclic amines) is 1. The van der Waals surface area contributed by atoms with Crippen molar-refractivity contribution < 1.29 is 14.3 Å². The van der Waals surface area contributed by atoms with Gasteiger partial charge in [0.15, 0.2) is 0 Å². The molecule has 3 rings (SSSR count). The Morgan fingerprint density at radius 2 is 1.69 bits per heavy atom. The van der Waals surface area contributed by atoms with Crippen molar-refractivity contribution in [2.45, 2.75) is 64.4 Å². The van der Waals surface area contributed by atoms with Gasteiger partial charge in [-0.05, 0) is 55.9 Å². The summed E-state index contributed by atoms with van der Waals surface area (Å²) in [5.74, 6) is 0.685. The third-order valence-electron chi connectivity index (χ3n) is 6.04. The molecule has 1 saturated heterocycles. The predicted octanol–water partition coefficient (Wildman–Crippen LogP) is 4.42. The van der Waals surface area contributed by atoms with E-state index in [0.29, 0.717) is 36.4 Å². The summed E-state index contributed by atoms with van der Waals surface area (Å²) in [5.41, 5.74) is 1.35. The number of hydrogen-bond donors (Lipinski definition) is 2. The third-order valence-corrected chi connectivity index (χ3v) is 6.04. The van der Waals surface area contributed by atoms with Crippen LogP contribution in [0.25, 0.3) is 0 Å². The Morgan fingerprint density at radius 1 is 1.00 bits per heavy atom. The zero-order valence-corrected chi connectivity index (χ0v) is 17.6. The molecule has 1 heterocycles. The third kappa shape index (κ3) is 6.74. The molecule has 0 unspecified atom stereocenters. The molecule has 6 heteroatoms. The monoisotopic (exact) mass is 401 g/mol. The molecule has 29 heavy (non-hydrogen) atoms. The summed E-state index contributed by atoms with van der Waals surface area (Å²) >= 11 is 0. The second-order valence-electron chi connectivity index (χ2n) is 8.34. The molecule has 0 aromatic heterocycles. The van der Waals surface area contributed by atoms with Crippen LogP contribution in [0.2, 0.25) is 0 Å². The minimum absolute atomic E-state index is 0.0805. The largest absolute Gasteiger partial charge is 0.376 e. The van der Waals surface area contributed by atoms with E-state index in [1.54, 1.807) is 24.3 Å². The number of hydrogen-bond acceptors (Lipinski definition) is 3. The first-order chi connectivity index (χ1) is 14.1. The van der Waals surface area contributed by atoms with Gasteiger partial charge >= 0.3 is 6.03 Å². The summed E-state index contributed by atoms with van der Waals surface area (Å²) < 4.78 is 5.92. The molecule has 0 bridgehead atoms. The zero-order valence-electron chi connectivity index (χ0n) is 17.6. The van der Waals surface area contributed by atoms with Gasteiger partial charge in [0.1, 0.15) is 0 Å². The van der Waals surface area contributed by atoms with Crippen molar-refractivity contribution in [2.24, 2.45) is 5.92 Å². The number of nitrogens with zero attached hydrogens (tertiary/aromatic N) is 1. The second kappa shape index (κ2) is 11.2. The highest BCUT2D eigenvalue weighted by molar-refractivity contribution is 5.95. The maximum Gasteiger partial charge on any atom is 0.319 e. The predicted molar refractivity (Wildman–Crippen MR) is 115 cm³/mol. The highest BCUT2D eigenvalue weighted by atomic mass is 16.5. The van der Waals surface area contributed by atoms with Gasteiger partial charge in [0.25, 0.3) is 5.91 Å². The lowest BCUT2D eigenvalue weighted by Gasteiger charge is -2.28. The normalized spacial score (nSPS) is 22.6. The lowest BCUT2D eigenvalue weighted by atomic mass is 9.88. The molecule has 3 amide bonds. The zero-order chi connectivity index (χ0) is 20.5. The van der Waals surface area contributed by atoms with Gasteiger partial charge in [0.05, 0.1) is 12.7 Å². The van der Waals surface area contributed by atoms with E-state index < -0.39 is 0 Å². The van der Waals surface area contributed by atoms with E-state index in [9.17, 15) is 9.59 Å². The van der Waals surface area contributed by atoms with Crippen LogP contribution in [-0.2, 0) is 4.74 Å². The van der Waals surface area contributed by atoms with Crippen molar-refractivity contribution in [1.29, 1.82) is 0 Å². The van der Waals surface area contributed by atoms with Crippen molar-refractivity contribution >= 4 is 17.6 Å². The van der Waals surface area contributed by atoms with Crippen molar-refractivity contribution in [2.75, 3.05) is 31.6 Å². The molecule has 2 fully saturated rings. The standard InChI is InChI=1S/C23H35N3O3/c1-18-8-4-5-9-21(18)29-17-14-24-23(28)25-20-12-10-19(11-13-20)22(27)26-15-6-2-3-7-16-26/h10-13,18,21H,2-9,14-17H2,1H3,(H2,24,25,28)/t18-,21-/m0/s1. The number of rotatable bonds is 6. The van der Waals surface area contributed by atoms with Crippen LogP contribution in [0, 0.1) is 5.92 Å². The van der Waals surface area contributed by atoms with Crippen LogP contribution >= 0.6 is 0 Å². The summed E-state index contributed by atoms with van der Waals surface area (Å²) in [6, 6.07) is 6.89. The average Bonchev–Trinajstić information content (AvgIpc) is 3.02. The topological polar surface area (TPSA) is 70.7 Å². The van der Waals surface area contributed by atoms with Gasteiger partial charge in [-0.3, -0.25) is 4.79 Å². The average molecular weight is 402 g/mol. The van der Waals surface area contributed by atoms with Gasteiger partial charge in [0, 0.05) is 30.9 Å². The Balaban J connectivity index is 1.38. The number of amides is 3. The van der Waals surface area contributed by atoms with Crippen LogP contribution in [0.1, 0.15) is 68.6 Å². The molecule has 2 atom stereocenters. The van der Waals surface area contributed by atoms with Crippen molar-refractivity contribution in [1.82, 2.24) is 10.2 Å². The smallest absolute Gasteiger partial charge is 0.319 e. The Kier molecular flexibility index (Phi) is 8.35. The van der Waals surface area contributed by atoms with E-state index in [4.69, 9.17) is 4.74 Å². The molecule has 1 aliphatic heterocycles. The van der Waals surface area contributed by atoms with Crippen molar-refractivity contribution in [3.8, 4) is 0 Å². The van der Waals surface area contributed by atoms with Crippen LogP contribution < -0.4 is 10.6 Å². The molecule has 1 aliphatic carbocycles. The maximum absolute atomic E-state index is 12.6. The first kappa shape index (κ1) is 21.6. The van der Waals surface area contributed by atoms with Gasteiger partial charge in [-0.1, -0.05) is 32.6 Å². The van der Waals surface area contributed by atoms with E-state index in [2.05, 4.69) is 17.6 Å². The van der Waals surface area contributed by atoms with Crippen LogP contribution in [0.3, 0.4) is 0 Å². The van der Waals surface area contributed by atoms with Gasteiger partial charge in [-0.2, -0.15) is 0 Å². The molecule has 1 aromatic rings. The van der Waals surface area contributed by atoms with Crippen molar-refractivity contribution in [3.63, 3.8) is 0 Å². The molecule has 2 N–H and O–H groups in total. The number of anilines is 1. The summed E-state index contributed by atoms with van der Waals surface area (Å²) in [7, 11) is 0. The Morgan fingerprint density at radius 3 is 2.38 bits per heavy atom. The van der Waals surface area contributed by atoms with Crippen LogP contribution in [0.4, 0.5) is 10.5 Å². The van der Waals surface area contributed by atoms with Gasteiger partial charge in [-0.15, -0.1) is 0 Å². The van der Waals surface area contributed by atoms with E-state index in [1.165, 1.54) is 32.1 Å². The van der Waals surface area contributed by atoms with E-state index in [-0.39, 0.29) is 11.9 Å². The summed E-state index contributed by atoms with van der Waals surface area (Å²) in [5, 5.41) is 5.65. The fourth-order valence-electron chi connectivity index (χ4n) is 4.23. The fourth-order valence-corrected chi connectivity index (χ4v) is 4.23. The van der Waals surface area contributed by atoms with Crippen LogP contribution in [0.5, 0.6) is 0 Å². The molecule has 0 spiro atoms. The lowest BCUT2D eigenvalue weighted by Crippen LogP contribution is -2.34. The SMILES string of the molecule is C[C@H]1CCCC[C@@H]1OCCNC(=O)Nc1ccc(C(=O)N2CCCCCC2)cc1. The van der Waals surface area contributed by atoms with Crippen molar-refractivity contribution in [3.05, 3.63) is 29.8 Å². The number of carbonyl (C=O) groups is 2. The first-order valence-electron chi connectivity index (χ1n) is 11.2. The minimum atomic E-state index is -0.253. The highest BCUT2D eigenvalue weighted by Crippen LogP contribution is 2.26. The van der Waals surface area contributed by atoms with E-state index in [0.717, 1.165) is 32.4 Å². The van der Waals surface area contributed by atoms with Gasteiger partial charge in [-0.25, -0.2) is 4.79 Å². The van der Waals surface area contributed by atoms with Crippen LogP contribution in [-0.4, -0.2) is 49.2 Å². The Labute approximate surface area is 174 Å². The maximum atomic E-state index is 12.6. The van der Waals surface area contributed by atoms with E-state index >= 15 is 0 Å². The van der Waals surface area contributed by atoms with Gasteiger partial charge in [0.2, 0.25) is 0 Å². The lowest BCUT2D eigenvalue weighted by molar-refractivity contribution is -0.00232. The number of carbonyl (C=O) groups excluding carboxylic acids is 2. The van der Waals surface area contributed by atoms with Crippen LogP contribution in [0.15, 0.2) is 24.3 Å². The number of benzene rings is 1. The molecule has 0 radical (unpaired) electrons. The molecule has 160 valence electrons. The summed E-state index contributed by atoms with van der Waals surface area (Å²) in [4.78, 5) is 26.6. The fraction of sp³-hybridized carbons (Fsp3) is 0.652. The number of ether oxygens (including phenoxy) is 1. The van der Waals surface area contributed by atoms with Gasteiger partial charge < -0.3 is 20.3 Å². The number of urea groups is 1. The molecule has 1 aromatic carbocycles. The molecular weight excluding hydrogens is 366 g/mol. The first-order valence-corrected chi connectivity index (χ1v) is 11.2. The second-order valence-corrected chi connectivity index (χ2v) is 8.34. The minimum Gasteiger partial charge on any atom is -0.376 e. The molecule has 2 aliphatic rings. The summed E-state index contributed by atoms with van der Waals surface area (Å²) in [6.45, 7) is 4.93. The Hall–Kier alpha value is -2.08. The quantitative estimate of drug-likeness (QED) is 0.693.